The minimum atomic E-state index is 0.190. The van der Waals surface area contributed by atoms with Crippen molar-refractivity contribution in [2.24, 2.45) is 5.92 Å². The van der Waals surface area contributed by atoms with Gasteiger partial charge in [0.05, 0.1) is 0 Å². The quantitative estimate of drug-likeness (QED) is 0.610. The first kappa shape index (κ1) is 11.2. The second-order valence-corrected chi connectivity index (χ2v) is 4.59. The number of Topliss-reactive ketones (excluding diaryl/α,β-unsaturated/α-hetero) is 1. The lowest BCUT2D eigenvalue weighted by Gasteiger charge is -2.12. The highest BCUT2D eigenvalue weighted by atomic mass is 16.1. The summed E-state index contributed by atoms with van der Waals surface area (Å²) >= 11 is 0. The van der Waals surface area contributed by atoms with Crippen LogP contribution in [0.1, 0.15) is 47.0 Å². The summed E-state index contributed by atoms with van der Waals surface area (Å²) in [5, 5.41) is 0. The maximum atomic E-state index is 11.6. The van der Waals surface area contributed by atoms with Crippen LogP contribution in [0.2, 0.25) is 0 Å². The molecule has 14 heavy (non-hydrogen) atoms. The zero-order valence-electron chi connectivity index (χ0n) is 9.68. The summed E-state index contributed by atoms with van der Waals surface area (Å²) in [5.74, 6) is 0.619. The summed E-state index contributed by atoms with van der Waals surface area (Å²) in [5.41, 5.74) is 3.82. The van der Waals surface area contributed by atoms with Gasteiger partial charge < -0.3 is 0 Å². The molecule has 1 fully saturated rings. The first-order valence-electron chi connectivity index (χ1n) is 5.37. The normalized spacial score (nSPS) is 20.9. The molecular weight excluding hydrogens is 172 g/mol. The first-order valence-corrected chi connectivity index (χ1v) is 5.37. The summed E-state index contributed by atoms with van der Waals surface area (Å²) in [4.78, 5) is 11.6. The van der Waals surface area contributed by atoms with E-state index in [1.807, 2.05) is 0 Å². The minimum absolute atomic E-state index is 0.190. The first-order chi connectivity index (χ1) is 6.52. The van der Waals surface area contributed by atoms with Gasteiger partial charge in [-0.2, -0.15) is 0 Å². The average Bonchev–Trinajstić information content (AvgIpc) is 2.46. The molecule has 0 bridgehead atoms. The summed E-state index contributed by atoms with van der Waals surface area (Å²) in [6.45, 7) is 8.37. The smallest absolute Gasteiger partial charge is 0.140 e. The number of ketones is 1. The average molecular weight is 192 g/mol. The Bertz CT molecular complexity index is 286. The Morgan fingerprint density at radius 3 is 2.29 bits per heavy atom. The Morgan fingerprint density at radius 2 is 1.93 bits per heavy atom. The Labute approximate surface area is 86.9 Å². The lowest BCUT2D eigenvalue weighted by atomic mass is 9.91. The number of rotatable bonds is 2. The Hall–Kier alpha value is -0.850. The molecule has 1 atom stereocenters. The molecule has 1 saturated carbocycles. The Balaban J connectivity index is 2.96. The van der Waals surface area contributed by atoms with Gasteiger partial charge in [0.15, 0.2) is 0 Å². The third kappa shape index (κ3) is 2.57. The highest BCUT2D eigenvalue weighted by Crippen LogP contribution is 2.31. The maximum absolute atomic E-state index is 11.6. The van der Waals surface area contributed by atoms with E-state index < -0.39 is 0 Å². The monoisotopic (exact) mass is 192 g/mol. The molecule has 0 aromatic heterocycles. The summed E-state index contributed by atoms with van der Waals surface area (Å²) < 4.78 is 0. The van der Waals surface area contributed by atoms with Crippen molar-refractivity contribution in [2.75, 3.05) is 0 Å². The van der Waals surface area contributed by atoms with Gasteiger partial charge >= 0.3 is 0 Å². The topological polar surface area (TPSA) is 17.1 Å². The van der Waals surface area contributed by atoms with Crippen molar-refractivity contribution in [1.82, 2.24) is 0 Å². The van der Waals surface area contributed by atoms with Crippen molar-refractivity contribution in [3.05, 3.63) is 22.8 Å². The second-order valence-electron chi connectivity index (χ2n) is 4.59. The van der Waals surface area contributed by atoms with Crippen LogP contribution in [0.3, 0.4) is 0 Å². The lowest BCUT2D eigenvalue weighted by molar-refractivity contribution is -0.119. The van der Waals surface area contributed by atoms with Crippen molar-refractivity contribution in [2.45, 2.75) is 47.0 Å². The van der Waals surface area contributed by atoms with Crippen molar-refractivity contribution < 1.29 is 4.79 Å². The van der Waals surface area contributed by atoms with Crippen LogP contribution in [0.5, 0.6) is 0 Å². The summed E-state index contributed by atoms with van der Waals surface area (Å²) in [6, 6.07) is 0. The molecule has 78 valence electrons. The van der Waals surface area contributed by atoms with Crippen molar-refractivity contribution >= 4 is 5.78 Å². The number of carbonyl (C=O) groups excluding carboxylic acids is 1. The zero-order chi connectivity index (χ0) is 10.7. The highest BCUT2D eigenvalue weighted by molar-refractivity contribution is 5.86. The van der Waals surface area contributed by atoms with Gasteiger partial charge in [-0.3, -0.25) is 4.79 Å². The molecule has 1 aliphatic carbocycles. The van der Waals surface area contributed by atoms with Gasteiger partial charge in [0.2, 0.25) is 0 Å². The van der Waals surface area contributed by atoms with E-state index in [0.29, 0.717) is 5.78 Å². The van der Waals surface area contributed by atoms with Gasteiger partial charge in [-0.05, 0) is 46.1 Å². The van der Waals surface area contributed by atoms with Crippen LogP contribution in [0.15, 0.2) is 22.8 Å². The molecule has 0 aromatic carbocycles. The van der Waals surface area contributed by atoms with E-state index >= 15 is 0 Å². The number of hydrogen-bond donors (Lipinski definition) is 0. The standard InChI is InChI=1S/C13H20O/c1-9(2)8-12(10(3)4)11-6-5-7-13(11)14/h8,11H,5-7H2,1-4H3. The van der Waals surface area contributed by atoms with E-state index in [4.69, 9.17) is 0 Å². The molecule has 1 aliphatic rings. The van der Waals surface area contributed by atoms with E-state index in [1.165, 1.54) is 16.7 Å². The molecule has 0 aliphatic heterocycles. The van der Waals surface area contributed by atoms with E-state index in [0.717, 1.165) is 19.3 Å². The van der Waals surface area contributed by atoms with Crippen molar-refractivity contribution in [1.29, 1.82) is 0 Å². The molecule has 1 unspecified atom stereocenters. The lowest BCUT2D eigenvalue weighted by Crippen LogP contribution is -2.09. The molecule has 0 saturated heterocycles. The summed E-state index contributed by atoms with van der Waals surface area (Å²) in [6.07, 6.45) is 5.06. The molecule has 0 aromatic rings. The van der Waals surface area contributed by atoms with E-state index in [2.05, 4.69) is 33.8 Å². The fourth-order valence-electron chi connectivity index (χ4n) is 2.05. The second kappa shape index (κ2) is 4.59. The number of allylic oxidation sites excluding steroid dienone is 4. The largest absolute Gasteiger partial charge is 0.299 e. The van der Waals surface area contributed by atoms with Crippen LogP contribution in [0.4, 0.5) is 0 Å². The highest BCUT2D eigenvalue weighted by Gasteiger charge is 2.27. The van der Waals surface area contributed by atoms with Crippen molar-refractivity contribution in [3.63, 3.8) is 0 Å². The molecule has 0 N–H and O–H groups in total. The van der Waals surface area contributed by atoms with Crippen LogP contribution in [0.25, 0.3) is 0 Å². The molecule has 0 radical (unpaired) electrons. The van der Waals surface area contributed by atoms with Crippen LogP contribution in [-0.2, 0) is 4.79 Å². The molecular formula is C13H20O. The van der Waals surface area contributed by atoms with E-state index in [9.17, 15) is 4.79 Å². The van der Waals surface area contributed by atoms with Gasteiger partial charge in [-0.25, -0.2) is 0 Å². The minimum Gasteiger partial charge on any atom is -0.299 e. The SMILES string of the molecule is CC(C)=CC(=C(C)C)C1CCCC1=O. The van der Waals surface area contributed by atoms with Gasteiger partial charge in [-0.1, -0.05) is 17.2 Å². The predicted molar refractivity (Wildman–Crippen MR) is 60.2 cm³/mol. The molecule has 1 rings (SSSR count). The summed E-state index contributed by atoms with van der Waals surface area (Å²) in [7, 11) is 0. The molecule has 1 nitrogen and oxygen atoms in total. The zero-order valence-corrected chi connectivity index (χ0v) is 9.68. The fourth-order valence-corrected chi connectivity index (χ4v) is 2.05. The molecule has 0 spiro atoms. The number of carbonyl (C=O) groups is 1. The van der Waals surface area contributed by atoms with Crippen LogP contribution in [-0.4, -0.2) is 5.78 Å². The Kier molecular flexibility index (Phi) is 3.68. The van der Waals surface area contributed by atoms with Crippen LogP contribution < -0.4 is 0 Å². The maximum Gasteiger partial charge on any atom is 0.140 e. The van der Waals surface area contributed by atoms with Crippen LogP contribution in [0, 0.1) is 5.92 Å². The van der Waals surface area contributed by atoms with Gasteiger partial charge in [0.1, 0.15) is 5.78 Å². The molecule has 0 amide bonds. The third-order valence-corrected chi connectivity index (χ3v) is 2.70. The Morgan fingerprint density at radius 1 is 1.29 bits per heavy atom. The predicted octanol–water partition coefficient (Wildman–Crippen LogP) is 3.66. The van der Waals surface area contributed by atoms with Gasteiger partial charge in [-0.15, -0.1) is 0 Å². The fraction of sp³-hybridized carbons (Fsp3) is 0.615. The molecule has 1 heteroatoms. The van der Waals surface area contributed by atoms with Gasteiger partial charge in [0, 0.05) is 12.3 Å². The van der Waals surface area contributed by atoms with Crippen LogP contribution >= 0.6 is 0 Å². The van der Waals surface area contributed by atoms with Gasteiger partial charge in [0.25, 0.3) is 0 Å². The van der Waals surface area contributed by atoms with Crippen molar-refractivity contribution in [3.8, 4) is 0 Å². The number of hydrogen-bond acceptors (Lipinski definition) is 1. The van der Waals surface area contributed by atoms with E-state index in [1.54, 1.807) is 0 Å². The molecule has 0 heterocycles. The van der Waals surface area contributed by atoms with E-state index in [-0.39, 0.29) is 5.92 Å². The third-order valence-electron chi connectivity index (χ3n) is 2.70.